The molecule has 3 rings (SSSR count). The molecule has 0 radical (unpaired) electrons. The molecule has 0 aliphatic carbocycles. The summed E-state index contributed by atoms with van der Waals surface area (Å²) in [5.41, 5.74) is 1.50. The maximum Gasteiger partial charge on any atom is 0.251 e. The molecule has 0 spiro atoms. The Morgan fingerprint density at radius 3 is 2.85 bits per heavy atom. The topological polar surface area (TPSA) is 79.1 Å². The molecule has 6 nitrogen and oxygen atoms in total. The molecule has 1 aliphatic rings. The summed E-state index contributed by atoms with van der Waals surface area (Å²) < 4.78 is 5.85. The van der Waals surface area contributed by atoms with Crippen LogP contribution in [0.25, 0.3) is 0 Å². The minimum absolute atomic E-state index is 0.143. The van der Waals surface area contributed by atoms with Crippen LogP contribution in [0, 0.1) is 11.3 Å². The second-order valence-corrected chi connectivity index (χ2v) is 6.74. The summed E-state index contributed by atoms with van der Waals surface area (Å²) >= 11 is 0. The number of hydrogen-bond donors (Lipinski definition) is 0. The minimum Gasteiger partial charge on any atom is -0.470 e. The number of aryl methyl sites for hydroxylation is 1. The molecule has 0 N–H and O–H groups in total. The Kier molecular flexibility index (Phi) is 6.75. The number of aromatic nitrogens is 2. The average molecular weight is 364 g/mol. The monoisotopic (exact) mass is 364 g/mol. The number of piperidine rings is 1. The first-order chi connectivity index (χ1) is 13.3. The summed E-state index contributed by atoms with van der Waals surface area (Å²) in [7, 11) is 0. The Labute approximate surface area is 159 Å². The average Bonchev–Trinajstić information content (AvgIpc) is 2.72. The van der Waals surface area contributed by atoms with Crippen LogP contribution < -0.4 is 4.74 Å². The quantitative estimate of drug-likeness (QED) is 0.705. The van der Waals surface area contributed by atoms with E-state index >= 15 is 0 Å². The lowest BCUT2D eigenvalue weighted by molar-refractivity contribution is -0.134. The fourth-order valence-electron chi connectivity index (χ4n) is 3.32. The van der Waals surface area contributed by atoms with Crippen LogP contribution >= 0.6 is 0 Å². The van der Waals surface area contributed by atoms with Gasteiger partial charge in [0.1, 0.15) is 12.2 Å². The summed E-state index contributed by atoms with van der Waals surface area (Å²) in [5.74, 6) is 0.429. The molecule has 1 unspecified atom stereocenters. The van der Waals surface area contributed by atoms with E-state index in [0.717, 1.165) is 38.6 Å². The zero-order valence-corrected chi connectivity index (χ0v) is 15.4. The minimum atomic E-state index is -0.143. The molecule has 1 atom stereocenters. The van der Waals surface area contributed by atoms with Crippen molar-refractivity contribution in [2.75, 3.05) is 13.1 Å². The van der Waals surface area contributed by atoms with Gasteiger partial charge in [-0.1, -0.05) is 30.3 Å². The smallest absolute Gasteiger partial charge is 0.251 e. The first-order valence-electron chi connectivity index (χ1n) is 9.45. The molecule has 1 fully saturated rings. The molecular weight excluding hydrogens is 340 g/mol. The third-order valence-electron chi connectivity index (χ3n) is 4.73. The fraction of sp³-hybridized carbons (Fsp3) is 0.429. The summed E-state index contributed by atoms with van der Waals surface area (Å²) in [6, 6.07) is 12.3. The SMILES string of the molecule is N#Cc1nccnc1OC1CCCN(C(=O)CCCCc2ccccc2)C1. The van der Waals surface area contributed by atoms with Gasteiger partial charge in [0.2, 0.25) is 11.6 Å². The van der Waals surface area contributed by atoms with E-state index in [1.807, 2.05) is 29.2 Å². The zero-order chi connectivity index (χ0) is 18.9. The van der Waals surface area contributed by atoms with Crippen molar-refractivity contribution in [3.05, 3.63) is 54.0 Å². The Morgan fingerprint density at radius 2 is 2.04 bits per heavy atom. The predicted octanol–water partition coefficient (Wildman–Crippen LogP) is 3.13. The molecule has 0 saturated carbocycles. The van der Waals surface area contributed by atoms with Gasteiger partial charge in [-0.15, -0.1) is 0 Å². The molecule has 0 bridgehead atoms. The Hall–Kier alpha value is -2.94. The number of benzene rings is 1. The van der Waals surface area contributed by atoms with Crippen molar-refractivity contribution in [3.8, 4) is 11.9 Å². The Morgan fingerprint density at radius 1 is 1.22 bits per heavy atom. The highest BCUT2D eigenvalue weighted by Gasteiger charge is 2.25. The number of rotatable bonds is 7. The fourth-order valence-corrected chi connectivity index (χ4v) is 3.32. The van der Waals surface area contributed by atoms with Gasteiger partial charge < -0.3 is 9.64 Å². The number of hydrogen-bond acceptors (Lipinski definition) is 5. The van der Waals surface area contributed by atoms with Gasteiger partial charge in [-0.3, -0.25) is 4.79 Å². The van der Waals surface area contributed by atoms with E-state index < -0.39 is 0 Å². The van der Waals surface area contributed by atoms with E-state index in [-0.39, 0.29) is 23.6 Å². The number of likely N-dealkylation sites (tertiary alicyclic amines) is 1. The van der Waals surface area contributed by atoms with Crippen molar-refractivity contribution >= 4 is 5.91 Å². The van der Waals surface area contributed by atoms with Crippen LogP contribution in [0.5, 0.6) is 5.88 Å². The summed E-state index contributed by atoms with van der Waals surface area (Å²) in [6.07, 6.45) is 8.04. The van der Waals surface area contributed by atoms with Crippen LogP contribution in [0.15, 0.2) is 42.7 Å². The molecule has 6 heteroatoms. The number of nitrogens with zero attached hydrogens (tertiary/aromatic N) is 4. The third kappa shape index (κ3) is 5.52. The van der Waals surface area contributed by atoms with Crippen molar-refractivity contribution in [2.24, 2.45) is 0 Å². The van der Waals surface area contributed by atoms with Gasteiger partial charge in [-0.25, -0.2) is 9.97 Å². The van der Waals surface area contributed by atoms with Gasteiger partial charge in [0.05, 0.1) is 6.54 Å². The first kappa shape index (κ1) is 18.8. The number of unbranched alkanes of at least 4 members (excludes halogenated alkanes) is 1. The lowest BCUT2D eigenvalue weighted by Crippen LogP contribution is -2.44. The van der Waals surface area contributed by atoms with E-state index in [9.17, 15) is 4.79 Å². The first-order valence-corrected chi connectivity index (χ1v) is 9.45. The van der Waals surface area contributed by atoms with Crippen LogP contribution in [0.1, 0.15) is 43.4 Å². The standard InChI is InChI=1S/C21H24N4O2/c22-15-19-21(24-13-12-23-19)27-18-10-6-14-25(16-18)20(26)11-5-4-9-17-7-2-1-3-8-17/h1-3,7-8,12-13,18H,4-6,9-11,14,16H2. The van der Waals surface area contributed by atoms with E-state index in [1.165, 1.54) is 18.0 Å². The molecule has 1 aromatic carbocycles. The lowest BCUT2D eigenvalue weighted by atomic mass is 10.1. The second kappa shape index (κ2) is 9.67. The van der Waals surface area contributed by atoms with Crippen LogP contribution in [0.4, 0.5) is 0 Å². The Balaban J connectivity index is 1.44. The van der Waals surface area contributed by atoms with Gasteiger partial charge in [0, 0.05) is 25.4 Å². The highest BCUT2D eigenvalue weighted by Crippen LogP contribution is 2.19. The van der Waals surface area contributed by atoms with Gasteiger partial charge in [0.15, 0.2) is 0 Å². The highest BCUT2D eigenvalue weighted by atomic mass is 16.5. The second-order valence-electron chi connectivity index (χ2n) is 6.74. The van der Waals surface area contributed by atoms with Crippen molar-refractivity contribution in [1.29, 1.82) is 5.26 Å². The maximum absolute atomic E-state index is 12.5. The molecule has 1 saturated heterocycles. The number of carbonyl (C=O) groups excluding carboxylic acids is 1. The molecule has 1 aromatic heterocycles. The largest absolute Gasteiger partial charge is 0.470 e. The molecule has 140 valence electrons. The van der Waals surface area contributed by atoms with Crippen molar-refractivity contribution in [3.63, 3.8) is 0 Å². The number of carbonyl (C=O) groups is 1. The normalized spacial score (nSPS) is 16.6. The third-order valence-corrected chi connectivity index (χ3v) is 4.73. The van der Waals surface area contributed by atoms with Gasteiger partial charge >= 0.3 is 0 Å². The van der Waals surface area contributed by atoms with Gasteiger partial charge in [0.25, 0.3) is 5.88 Å². The van der Waals surface area contributed by atoms with Crippen LogP contribution in [0.3, 0.4) is 0 Å². The van der Waals surface area contributed by atoms with E-state index in [4.69, 9.17) is 10.00 Å². The van der Waals surface area contributed by atoms with E-state index in [0.29, 0.717) is 13.0 Å². The van der Waals surface area contributed by atoms with Crippen molar-refractivity contribution in [1.82, 2.24) is 14.9 Å². The molecule has 1 aliphatic heterocycles. The summed E-state index contributed by atoms with van der Waals surface area (Å²) in [5, 5.41) is 9.09. The van der Waals surface area contributed by atoms with Gasteiger partial charge in [-0.05, 0) is 37.7 Å². The number of amides is 1. The van der Waals surface area contributed by atoms with Crippen LogP contribution in [-0.4, -0.2) is 40.0 Å². The van der Waals surface area contributed by atoms with Gasteiger partial charge in [-0.2, -0.15) is 5.26 Å². The summed E-state index contributed by atoms with van der Waals surface area (Å²) in [6.45, 7) is 1.31. The number of nitriles is 1. The zero-order valence-electron chi connectivity index (χ0n) is 15.4. The predicted molar refractivity (Wildman–Crippen MR) is 101 cm³/mol. The highest BCUT2D eigenvalue weighted by molar-refractivity contribution is 5.76. The molecule has 27 heavy (non-hydrogen) atoms. The molecule has 2 aromatic rings. The van der Waals surface area contributed by atoms with Crippen molar-refractivity contribution < 1.29 is 9.53 Å². The van der Waals surface area contributed by atoms with E-state index in [2.05, 4.69) is 22.1 Å². The van der Waals surface area contributed by atoms with Crippen LogP contribution in [-0.2, 0) is 11.2 Å². The van der Waals surface area contributed by atoms with E-state index in [1.54, 1.807) is 0 Å². The summed E-state index contributed by atoms with van der Waals surface area (Å²) in [4.78, 5) is 22.4. The molecule has 2 heterocycles. The Bertz CT molecular complexity index is 788. The maximum atomic E-state index is 12.5. The molecule has 1 amide bonds. The van der Waals surface area contributed by atoms with Crippen LogP contribution in [0.2, 0.25) is 0 Å². The lowest BCUT2D eigenvalue weighted by Gasteiger charge is -2.32. The van der Waals surface area contributed by atoms with Crippen molar-refractivity contribution in [2.45, 2.75) is 44.6 Å². The number of ether oxygens (including phenoxy) is 1. The molecular formula is C21H24N4O2.